The van der Waals surface area contributed by atoms with Crippen LogP contribution in [0.3, 0.4) is 0 Å². The number of sulfonamides is 1. The molecule has 0 amide bonds. The van der Waals surface area contributed by atoms with E-state index >= 15 is 0 Å². The fourth-order valence-electron chi connectivity index (χ4n) is 6.62. The smallest absolute Gasteiger partial charge is 0.318 e. The normalized spacial score (nSPS) is 25.2. The SMILES string of the molecule is O=[N+]([O-])c1ccc(Oc2cc(S(=O)(=O)N3CC4CC5CC(C4)CC3C5)cc3ccccc23)c([N+](=O)[O-])c1. The summed E-state index contributed by atoms with van der Waals surface area (Å²) in [6.07, 6.45) is 5.13. The number of nitro benzene ring substituents is 2. The highest BCUT2D eigenvalue weighted by atomic mass is 32.2. The lowest BCUT2D eigenvalue weighted by molar-refractivity contribution is -0.394. The molecule has 2 saturated carbocycles. The van der Waals surface area contributed by atoms with Crippen LogP contribution < -0.4 is 4.74 Å². The quantitative estimate of drug-likeness (QED) is 0.301. The van der Waals surface area contributed by atoms with Gasteiger partial charge in [0.05, 0.1) is 20.8 Å². The van der Waals surface area contributed by atoms with Crippen LogP contribution >= 0.6 is 0 Å². The minimum Gasteiger partial charge on any atom is -0.449 e. The fraction of sp³-hybridized carbons (Fsp3) is 0.385. The van der Waals surface area contributed by atoms with Crippen LogP contribution in [0.25, 0.3) is 10.8 Å². The third-order valence-corrected chi connectivity index (χ3v) is 9.93. The minimum atomic E-state index is -3.86. The fourth-order valence-corrected chi connectivity index (χ4v) is 8.39. The zero-order chi connectivity index (χ0) is 25.9. The highest BCUT2D eigenvalue weighted by Crippen LogP contribution is 2.49. The Morgan fingerprint density at radius 2 is 1.51 bits per heavy atom. The van der Waals surface area contributed by atoms with Crippen molar-refractivity contribution in [3.8, 4) is 11.5 Å². The molecule has 0 spiro atoms. The molecule has 37 heavy (non-hydrogen) atoms. The van der Waals surface area contributed by atoms with Gasteiger partial charge in [0.1, 0.15) is 5.75 Å². The van der Waals surface area contributed by atoms with Gasteiger partial charge >= 0.3 is 5.69 Å². The van der Waals surface area contributed by atoms with Crippen LogP contribution in [0.5, 0.6) is 11.5 Å². The molecule has 7 rings (SSSR count). The van der Waals surface area contributed by atoms with Crippen LogP contribution in [0.1, 0.15) is 32.1 Å². The molecule has 3 aromatic rings. The predicted octanol–water partition coefficient (Wildman–Crippen LogP) is 5.65. The van der Waals surface area contributed by atoms with Crippen LogP contribution in [0.15, 0.2) is 59.5 Å². The average Bonchev–Trinajstić information content (AvgIpc) is 3.07. The number of benzene rings is 3. The first-order valence-corrected chi connectivity index (χ1v) is 13.8. The van der Waals surface area contributed by atoms with E-state index in [-0.39, 0.29) is 22.4 Å². The van der Waals surface area contributed by atoms with Crippen molar-refractivity contribution in [1.82, 2.24) is 4.31 Å². The molecule has 4 aliphatic rings. The Morgan fingerprint density at radius 1 is 0.811 bits per heavy atom. The van der Waals surface area contributed by atoms with Gasteiger partial charge in [-0.1, -0.05) is 24.3 Å². The molecule has 10 nitrogen and oxygen atoms in total. The van der Waals surface area contributed by atoms with E-state index in [2.05, 4.69) is 0 Å². The van der Waals surface area contributed by atoms with Crippen molar-refractivity contribution in [3.63, 3.8) is 0 Å². The molecular formula is C26H25N3O7S. The Balaban J connectivity index is 1.43. The summed E-state index contributed by atoms with van der Waals surface area (Å²) in [5, 5.41) is 24.0. The first-order valence-electron chi connectivity index (χ1n) is 12.3. The molecule has 0 radical (unpaired) electrons. The lowest BCUT2D eigenvalue weighted by atomic mass is 9.68. The number of fused-ring (bicyclic) bond motifs is 2. The van der Waals surface area contributed by atoms with Gasteiger partial charge in [-0.25, -0.2) is 8.42 Å². The van der Waals surface area contributed by atoms with Crippen LogP contribution in [0.4, 0.5) is 11.4 Å². The van der Waals surface area contributed by atoms with Crippen LogP contribution in [0, 0.1) is 38.0 Å². The first-order chi connectivity index (χ1) is 17.7. The summed E-state index contributed by atoms with van der Waals surface area (Å²) in [7, 11) is -3.86. The maximum Gasteiger partial charge on any atom is 0.318 e. The van der Waals surface area contributed by atoms with Crippen molar-refractivity contribution in [1.29, 1.82) is 0 Å². The number of non-ortho nitro benzene ring substituents is 1. The lowest BCUT2D eigenvalue weighted by Crippen LogP contribution is -2.42. The molecule has 11 heteroatoms. The molecule has 3 aromatic carbocycles. The molecule has 2 saturated heterocycles. The topological polar surface area (TPSA) is 133 Å². The number of rotatable bonds is 6. The van der Waals surface area contributed by atoms with Crippen LogP contribution in [-0.4, -0.2) is 35.2 Å². The van der Waals surface area contributed by atoms with E-state index in [0.29, 0.717) is 35.1 Å². The Morgan fingerprint density at radius 3 is 2.22 bits per heavy atom. The van der Waals surface area contributed by atoms with Gasteiger partial charge in [-0.05, 0) is 67.4 Å². The molecule has 0 N–H and O–H groups in total. The van der Waals surface area contributed by atoms with Crippen LogP contribution in [-0.2, 0) is 10.0 Å². The average molecular weight is 524 g/mol. The number of ether oxygens (including phenoxy) is 1. The van der Waals surface area contributed by atoms with Gasteiger partial charge in [0.15, 0.2) is 0 Å². The van der Waals surface area contributed by atoms with E-state index in [1.165, 1.54) is 12.5 Å². The molecule has 2 unspecified atom stereocenters. The van der Waals surface area contributed by atoms with Crippen molar-refractivity contribution in [2.24, 2.45) is 17.8 Å². The van der Waals surface area contributed by atoms with Gasteiger partial charge in [0.2, 0.25) is 15.8 Å². The largest absolute Gasteiger partial charge is 0.449 e. The minimum absolute atomic E-state index is 0.0205. The third kappa shape index (κ3) is 4.21. The summed E-state index contributed by atoms with van der Waals surface area (Å²) in [5.74, 6) is 1.46. The summed E-state index contributed by atoms with van der Waals surface area (Å²) >= 11 is 0. The second-order valence-corrected chi connectivity index (χ2v) is 12.3. The summed E-state index contributed by atoms with van der Waals surface area (Å²) in [6.45, 7) is 0.511. The second-order valence-electron chi connectivity index (χ2n) is 10.4. The van der Waals surface area contributed by atoms with Crippen LogP contribution in [0.2, 0.25) is 0 Å². The van der Waals surface area contributed by atoms with Crippen molar-refractivity contribution >= 4 is 32.2 Å². The number of hydrogen-bond donors (Lipinski definition) is 0. The Kier molecular flexibility index (Phi) is 5.64. The highest BCUT2D eigenvalue weighted by Gasteiger charge is 2.46. The maximum atomic E-state index is 14.0. The zero-order valence-corrected chi connectivity index (χ0v) is 20.7. The van der Waals surface area contributed by atoms with Crippen molar-refractivity contribution in [2.75, 3.05) is 6.54 Å². The standard InChI is InChI=1S/C26H25N3O7S/c30-28(31)20-5-6-25(24(13-20)29(32)33)36-26-14-22(12-19-3-1-2-4-23(19)26)37(34,35)27-15-18-8-16-7-17(9-18)11-21(27)10-16/h1-6,12-14,16-18,21H,7-11,15H2. The van der Waals surface area contributed by atoms with Gasteiger partial charge in [-0.2, -0.15) is 4.31 Å². The lowest BCUT2D eigenvalue weighted by Gasteiger charge is -2.38. The van der Waals surface area contributed by atoms with Gasteiger partial charge < -0.3 is 4.74 Å². The van der Waals surface area contributed by atoms with Crippen molar-refractivity contribution < 1.29 is 23.0 Å². The Labute approximate surface area is 213 Å². The van der Waals surface area contributed by atoms with E-state index in [0.717, 1.165) is 43.9 Å². The number of nitro groups is 2. The second kappa shape index (κ2) is 8.77. The monoisotopic (exact) mass is 523 g/mol. The summed E-state index contributed by atoms with van der Waals surface area (Å²) in [5.41, 5.74) is -1.02. The van der Waals surface area contributed by atoms with Gasteiger partial charge in [0, 0.05) is 30.1 Å². The number of nitrogens with zero attached hydrogens (tertiary/aromatic N) is 3. The molecule has 2 atom stereocenters. The highest BCUT2D eigenvalue weighted by molar-refractivity contribution is 7.89. The zero-order valence-electron chi connectivity index (χ0n) is 19.9. The molecule has 4 bridgehead atoms. The molecule has 0 aromatic heterocycles. The van der Waals surface area contributed by atoms with E-state index in [9.17, 15) is 28.6 Å². The summed E-state index contributed by atoms with van der Waals surface area (Å²) in [4.78, 5) is 21.4. The molecule has 192 valence electrons. The maximum absolute atomic E-state index is 14.0. The van der Waals surface area contributed by atoms with Gasteiger partial charge in [0.25, 0.3) is 5.69 Å². The molecular weight excluding hydrogens is 498 g/mol. The van der Waals surface area contributed by atoms with Gasteiger partial charge in [-0.3, -0.25) is 20.2 Å². The molecule has 2 heterocycles. The van der Waals surface area contributed by atoms with E-state index < -0.39 is 31.2 Å². The Hall–Kier alpha value is -3.57. The predicted molar refractivity (Wildman–Crippen MR) is 135 cm³/mol. The van der Waals surface area contributed by atoms with E-state index in [1.807, 2.05) is 0 Å². The molecule has 2 aliphatic carbocycles. The first kappa shape index (κ1) is 23.8. The van der Waals surface area contributed by atoms with Gasteiger partial charge in [-0.15, -0.1) is 0 Å². The van der Waals surface area contributed by atoms with Crippen molar-refractivity contribution in [3.05, 3.63) is 74.8 Å². The van der Waals surface area contributed by atoms with E-state index in [1.54, 1.807) is 34.6 Å². The summed E-state index contributed by atoms with van der Waals surface area (Å²) in [6, 6.07) is 13.2. The Bertz CT molecular complexity index is 1530. The van der Waals surface area contributed by atoms with Crippen molar-refractivity contribution in [2.45, 2.75) is 43.0 Å². The molecule has 4 fully saturated rings. The number of hydrogen-bond acceptors (Lipinski definition) is 7. The summed E-state index contributed by atoms with van der Waals surface area (Å²) < 4.78 is 35.7. The third-order valence-electron chi connectivity index (χ3n) is 8.03. The van der Waals surface area contributed by atoms with E-state index in [4.69, 9.17) is 4.74 Å². The molecule has 2 aliphatic heterocycles.